The van der Waals surface area contributed by atoms with E-state index in [1.807, 2.05) is 4.90 Å². The van der Waals surface area contributed by atoms with E-state index in [1.165, 1.54) is 6.42 Å². The predicted octanol–water partition coefficient (Wildman–Crippen LogP) is 1.85. The van der Waals surface area contributed by atoms with Crippen LogP contribution in [0.15, 0.2) is 0 Å². The molecule has 2 fully saturated rings. The second-order valence-corrected chi connectivity index (χ2v) is 5.44. The Bertz CT molecular complexity index is 244. The van der Waals surface area contributed by atoms with Gasteiger partial charge in [-0.3, -0.25) is 0 Å². The lowest BCUT2D eigenvalue weighted by Crippen LogP contribution is -2.46. The minimum atomic E-state index is 0.113. The van der Waals surface area contributed by atoms with E-state index in [-0.39, 0.29) is 6.03 Å². The standard InChI is InChI=1S/C13H24N2O2/c1-11-4-6-15(7-5-11)13(16)14-9-12-3-2-8-17-10-12/h11-12H,2-10H2,1H3,(H,14,16). The molecular weight excluding hydrogens is 216 g/mol. The maximum atomic E-state index is 11.9. The Balaban J connectivity index is 1.66. The first-order valence-electron chi connectivity index (χ1n) is 6.86. The molecule has 2 saturated heterocycles. The topological polar surface area (TPSA) is 41.6 Å². The third-order valence-corrected chi connectivity index (χ3v) is 3.87. The third kappa shape index (κ3) is 3.87. The van der Waals surface area contributed by atoms with Gasteiger partial charge in [-0.25, -0.2) is 4.79 Å². The van der Waals surface area contributed by atoms with E-state index in [4.69, 9.17) is 4.74 Å². The highest BCUT2D eigenvalue weighted by Crippen LogP contribution is 2.16. The highest BCUT2D eigenvalue weighted by Gasteiger charge is 2.21. The Morgan fingerprint density at radius 3 is 2.76 bits per heavy atom. The molecule has 1 atom stereocenters. The molecule has 0 radical (unpaired) electrons. The number of urea groups is 1. The first kappa shape index (κ1) is 12.7. The zero-order valence-corrected chi connectivity index (χ0v) is 10.8. The number of piperidine rings is 1. The van der Waals surface area contributed by atoms with Crippen molar-refractivity contribution in [1.29, 1.82) is 0 Å². The van der Waals surface area contributed by atoms with Crippen molar-refractivity contribution in [2.45, 2.75) is 32.6 Å². The van der Waals surface area contributed by atoms with Gasteiger partial charge >= 0.3 is 6.03 Å². The molecule has 0 saturated carbocycles. The minimum absolute atomic E-state index is 0.113. The molecule has 0 aliphatic carbocycles. The molecule has 0 aromatic heterocycles. The number of carbonyl (C=O) groups excluding carboxylic acids is 1. The van der Waals surface area contributed by atoms with Crippen molar-refractivity contribution in [3.05, 3.63) is 0 Å². The van der Waals surface area contributed by atoms with Crippen LogP contribution in [-0.4, -0.2) is 43.8 Å². The zero-order chi connectivity index (χ0) is 12.1. The van der Waals surface area contributed by atoms with Crippen molar-refractivity contribution in [3.63, 3.8) is 0 Å². The molecule has 2 heterocycles. The number of amides is 2. The van der Waals surface area contributed by atoms with Gasteiger partial charge in [0.15, 0.2) is 0 Å². The average Bonchev–Trinajstić information content (AvgIpc) is 2.38. The van der Waals surface area contributed by atoms with Crippen LogP contribution in [0.3, 0.4) is 0 Å². The monoisotopic (exact) mass is 240 g/mol. The SMILES string of the molecule is CC1CCN(C(=O)NCC2CCCOC2)CC1. The Morgan fingerprint density at radius 2 is 2.12 bits per heavy atom. The van der Waals surface area contributed by atoms with Crippen LogP contribution in [0.25, 0.3) is 0 Å². The molecule has 0 spiro atoms. The maximum Gasteiger partial charge on any atom is 0.317 e. The number of hydrogen-bond acceptors (Lipinski definition) is 2. The summed E-state index contributed by atoms with van der Waals surface area (Å²) in [7, 11) is 0. The Hall–Kier alpha value is -0.770. The molecular formula is C13H24N2O2. The molecule has 0 aromatic carbocycles. The molecule has 4 heteroatoms. The third-order valence-electron chi connectivity index (χ3n) is 3.87. The number of hydrogen-bond donors (Lipinski definition) is 1. The highest BCUT2D eigenvalue weighted by atomic mass is 16.5. The molecule has 1 N–H and O–H groups in total. The number of ether oxygens (including phenoxy) is 1. The molecule has 2 aliphatic heterocycles. The summed E-state index contributed by atoms with van der Waals surface area (Å²) in [5, 5.41) is 3.04. The van der Waals surface area contributed by atoms with E-state index >= 15 is 0 Å². The summed E-state index contributed by atoms with van der Waals surface area (Å²) in [5.41, 5.74) is 0. The van der Waals surface area contributed by atoms with Crippen LogP contribution >= 0.6 is 0 Å². The maximum absolute atomic E-state index is 11.9. The molecule has 0 aromatic rings. The molecule has 2 amide bonds. The van der Waals surface area contributed by atoms with Crippen LogP contribution in [-0.2, 0) is 4.74 Å². The van der Waals surface area contributed by atoms with Gasteiger partial charge in [0.25, 0.3) is 0 Å². The predicted molar refractivity (Wildman–Crippen MR) is 66.9 cm³/mol. The smallest absolute Gasteiger partial charge is 0.317 e. The van der Waals surface area contributed by atoms with Crippen molar-refractivity contribution in [2.75, 3.05) is 32.8 Å². The van der Waals surface area contributed by atoms with E-state index in [2.05, 4.69) is 12.2 Å². The van der Waals surface area contributed by atoms with Gasteiger partial charge in [-0.05, 0) is 37.5 Å². The van der Waals surface area contributed by atoms with E-state index in [0.29, 0.717) is 5.92 Å². The average molecular weight is 240 g/mol. The summed E-state index contributed by atoms with van der Waals surface area (Å²) in [6.07, 6.45) is 4.58. The Kier molecular flexibility index (Phi) is 4.66. The van der Waals surface area contributed by atoms with E-state index in [0.717, 1.165) is 58.0 Å². The fraction of sp³-hybridized carbons (Fsp3) is 0.923. The summed E-state index contributed by atoms with van der Waals surface area (Å²) in [6.45, 7) is 6.54. The second-order valence-electron chi connectivity index (χ2n) is 5.44. The van der Waals surface area contributed by atoms with Crippen LogP contribution < -0.4 is 5.32 Å². The molecule has 2 aliphatic rings. The summed E-state index contributed by atoms with van der Waals surface area (Å²) < 4.78 is 5.41. The molecule has 17 heavy (non-hydrogen) atoms. The largest absolute Gasteiger partial charge is 0.381 e. The lowest BCUT2D eigenvalue weighted by Gasteiger charge is -2.31. The molecule has 1 unspecified atom stereocenters. The van der Waals surface area contributed by atoms with Gasteiger partial charge in [-0.15, -0.1) is 0 Å². The highest BCUT2D eigenvalue weighted by molar-refractivity contribution is 5.74. The summed E-state index contributed by atoms with van der Waals surface area (Å²) >= 11 is 0. The van der Waals surface area contributed by atoms with Gasteiger partial charge in [-0.1, -0.05) is 6.92 Å². The number of carbonyl (C=O) groups is 1. The van der Waals surface area contributed by atoms with Crippen molar-refractivity contribution in [2.24, 2.45) is 11.8 Å². The fourth-order valence-electron chi connectivity index (χ4n) is 2.52. The van der Waals surface area contributed by atoms with Gasteiger partial charge in [-0.2, -0.15) is 0 Å². The Labute approximate surface area is 104 Å². The van der Waals surface area contributed by atoms with Gasteiger partial charge < -0.3 is 15.0 Å². The lowest BCUT2D eigenvalue weighted by molar-refractivity contribution is 0.0549. The van der Waals surface area contributed by atoms with Crippen molar-refractivity contribution in [1.82, 2.24) is 10.2 Å². The van der Waals surface area contributed by atoms with E-state index in [1.54, 1.807) is 0 Å². The molecule has 2 rings (SSSR count). The number of likely N-dealkylation sites (tertiary alicyclic amines) is 1. The number of rotatable bonds is 2. The number of nitrogens with zero attached hydrogens (tertiary/aromatic N) is 1. The number of nitrogens with one attached hydrogen (secondary N) is 1. The van der Waals surface area contributed by atoms with E-state index < -0.39 is 0 Å². The van der Waals surface area contributed by atoms with Crippen LogP contribution in [0, 0.1) is 11.8 Å². The van der Waals surface area contributed by atoms with Crippen molar-refractivity contribution in [3.8, 4) is 0 Å². The molecule has 98 valence electrons. The van der Waals surface area contributed by atoms with Gasteiger partial charge in [0.05, 0.1) is 6.61 Å². The van der Waals surface area contributed by atoms with Crippen LogP contribution in [0.5, 0.6) is 0 Å². The first-order valence-corrected chi connectivity index (χ1v) is 6.86. The van der Waals surface area contributed by atoms with Gasteiger partial charge in [0.1, 0.15) is 0 Å². The summed E-state index contributed by atoms with van der Waals surface area (Å²) in [6, 6.07) is 0.113. The molecule has 0 bridgehead atoms. The lowest BCUT2D eigenvalue weighted by atomic mass is 9.99. The second kappa shape index (κ2) is 6.24. The summed E-state index contributed by atoms with van der Waals surface area (Å²) in [5.74, 6) is 1.28. The molecule has 4 nitrogen and oxygen atoms in total. The van der Waals surface area contributed by atoms with Crippen LogP contribution in [0.2, 0.25) is 0 Å². The normalized spacial score (nSPS) is 26.9. The minimum Gasteiger partial charge on any atom is -0.381 e. The van der Waals surface area contributed by atoms with Crippen molar-refractivity contribution < 1.29 is 9.53 Å². The van der Waals surface area contributed by atoms with Crippen LogP contribution in [0.4, 0.5) is 4.79 Å². The van der Waals surface area contributed by atoms with E-state index in [9.17, 15) is 4.79 Å². The van der Waals surface area contributed by atoms with Crippen LogP contribution in [0.1, 0.15) is 32.6 Å². The van der Waals surface area contributed by atoms with Gasteiger partial charge in [0, 0.05) is 26.2 Å². The fourth-order valence-corrected chi connectivity index (χ4v) is 2.52. The zero-order valence-electron chi connectivity index (χ0n) is 10.8. The quantitative estimate of drug-likeness (QED) is 0.800. The summed E-state index contributed by atoms with van der Waals surface area (Å²) in [4.78, 5) is 13.9. The Morgan fingerprint density at radius 1 is 1.35 bits per heavy atom. The first-order chi connectivity index (χ1) is 8.25. The van der Waals surface area contributed by atoms with Crippen molar-refractivity contribution >= 4 is 6.03 Å². The van der Waals surface area contributed by atoms with Gasteiger partial charge in [0.2, 0.25) is 0 Å².